The predicted molar refractivity (Wildman–Crippen MR) is 137 cm³/mol. The van der Waals surface area contributed by atoms with Gasteiger partial charge in [-0.25, -0.2) is 4.39 Å². The molecule has 0 bridgehead atoms. The molecule has 3 aromatic rings. The Kier molecular flexibility index (Phi) is 7.29. The van der Waals surface area contributed by atoms with E-state index in [0.29, 0.717) is 49.8 Å². The lowest BCUT2D eigenvalue weighted by atomic mass is 9.86. The number of para-hydroxylation sites is 2. The van der Waals surface area contributed by atoms with Gasteiger partial charge in [0.1, 0.15) is 23.9 Å². The van der Waals surface area contributed by atoms with Gasteiger partial charge in [0.2, 0.25) is 0 Å². The SMILES string of the molecule is COc1ccc(C(=O)N2CCN(c3ccccc3F)CC2)cc1COc1ccccc1C(C)(C)C. The van der Waals surface area contributed by atoms with Gasteiger partial charge in [0.15, 0.2) is 0 Å². The lowest BCUT2D eigenvalue weighted by Gasteiger charge is -2.36. The normalized spacial score (nSPS) is 14.1. The van der Waals surface area contributed by atoms with E-state index in [-0.39, 0.29) is 17.1 Å². The van der Waals surface area contributed by atoms with Gasteiger partial charge in [-0.2, -0.15) is 0 Å². The second-order valence-corrected chi connectivity index (χ2v) is 9.79. The van der Waals surface area contributed by atoms with Gasteiger partial charge in [0.25, 0.3) is 5.91 Å². The first-order chi connectivity index (χ1) is 16.8. The number of rotatable bonds is 6. The van der Waals surface area contributed by atoms with Crippen LogP contribution < -0.4 is 14.4 Å². The molecule has 1 saturated heterocycles. The number of anilines is 1. The Morgan fingerprint density at radius 1 is 0.914 bits per heavy atom. The zero-order valence-electron chi connectivity index (χ0n) is 20.9. The zero-order valence-corrected chi connectivity index (χ0v) is 20.9. The highest BCUT2D eigenvalue weighted by Crippen LogP contribution is 2.32. The van der Waals surface area contributed by atoms with E-state index in [2.05, 4.69) is 26.8 Å². The van der Waals surface area contributed by atoms with E-state index in [4.69, 9.17) is 9.47 Å². The molecule has 35 heavy (non-hydrogen) atoms. The number of methoxy groups -OCH3 is 1. The molecule has 1 heterocycles. The maximum Gasteiger partial charge on any atom is 0.253 e. The van der Waals surface area contributed by atoms with Crippen molar-refractivity contribution in [2.45, 2.75) is 32.8 Å². The van der Waals surface area contributed by atoms with Crippen molar-refractivity contribution in [2.75, 3.05) is 38.2 Å². The smallest absolute Gasteiger partial charge is 0.253 e. The van der Waals surface area contributed by atoms with Gasteiger partial charge in [-0.1, -0.05) is 51.1 Å². The van der Waals surface area contributed by atoms with Crippen molar-refractivity contribution in [2.24, 2.45) is 0 Å². The van der Waals surface area contributed by atoms with Crippen LogP contribution in [0.5, 0.6) is 11.5 Å². The molecule has 0 unspecified atom stereocenters. The summed E-state index contributed by atoms with van der Waals surface area (Å²) in [5.41, 5.74) is 3.06. The van der Waals surface area contributed by atoms with Gasteiger partial charge in [0, 0.05) is 37.3 Å². The standard InChI is InChI=1S/C29H33FN2O3/c1-29(2,3)23-9-5-8-12-27(23)35-20-22-19-21(13-14-26(22)34-4)28(33)32-17-15-31(16-18-32)25-11-7-6-10-24(25)30/h5-14,19H,15-18,20H2,1-4H3. The number of piperazine rings is 1. The van der Waals surface area contributed by atoms with Gasteiger partial charge in [-0.3, -0.25) is 4.79 Å². The molecule has 184 valence electrons. The van der Waals surface area contributed by atoms with Crippen LogP contribution in [0.4, 0.5) is 10.1 Å². The number of hydrogen-bond donors (Lipinski definition) is 0. The minimum Gasteiger partial charge on any atom is -0.496 e. The number of nitrogens with zero attached hydrogens (tertiary/aromatic N) is 2. The summed E-state index contributed by atoms with van der Waals surface area (Å²) in [5.74, 6) is 1.22. The van der Waals surface area contributed by atoms with Crippen molar-refractivity contribution in [3.8, 4) is 11.5 Å². The molecular weight excluding hydrogens is 443 g/mol. The highest BCUT2D eigenvalue weighted by molar-refractivity contribution is 5.94. The fraction of sp³-hybridized carbons (Fsp3) is 0.345. The Labute approximate surface area is 207 Å². The lowest BCUT2D eigenvalue weighted by molar-refractivity contribution is 0.0746. The van der Waals surface area contributed by atoms with Crippen molar-refractivity contribution in [1.29, 1.82) is 0 Å². The maximum absolute atomic E-state index is 14.2. The second-order valence-electron chi connectivity index (χ2n) is 9.79. The van der Waals surface area contributed by atoms with Crippen molar-refractivity contribution >= 4 is 11.6 Å². The van der Waals surface area contributed by atoms with E-state index in [1.807, 2.05) is 46.2 Å². The van der Waals surface area contributed by atoms with Crippen molar-refractivity contribution < 1.29 is 18.7 Å². The maximum atomic E-state index is 14.2. The fourth-order valence-electron chi connectivity index (χ4n) is 4.43. The summed E-state index contributed by atoms with van der Waals surface area (Å²) in [4.78, 5) is 17.1. The molecule has 5 nitrogen and oxygen atoms in total. The molecule has 1 aliphatic heterocycles. The first kappa shape index (κ1) is 24.6. The number of carbonyl (C=O) groups is 1. The summed E-state index contributed by atoms with van der Waals surface area (Å²) in [5, 5.41) is 0. The molecule has 1 fully saturated rings. The fourth-order valence-corrected chi connectivity index (χ4v) is 4.43. The summed E-state index contributed by atoms with van der Waals surface area (Å²) in [6.07, 6.45) is 0. The Morgan fingerprint density at radius 3 is 2.29 bits per heavy atom. The van der Waals surface area contributed by atoms with Gasteiger partial charge in [-0.15, -0.1) is 0 Å². The second kappa shape index (κ2) is 10.4. The van der Waals surface area contributed by atoms with Crippen LogP contribution in [0.15, 0.2) is 66.7 Å². The zero-order chi connectivity index (χ0) is 25.0. The summed E-state index contributed by atoms with van der Waals surface area (Å²) >= 11 is 0. The number of carbonyl (C=O) groups excluding carboxylic acids is 1. The Balaban J connectivity index is 1.46. The molecule has 0 spiro atoms. The number of benzene rings is 3. The van der Waals surface area contributed by atoms with Crippen LogP contribution in [0, 0.1) is 5.82 Å². The van der Waals surface area contributed by atoms with Crippen LogP contribution in [0.2, 0.25) is 0 Å². The van der Waals surface area contributed by atoms with Gasteiger partial charge in [-0.05, 0) is 47.4 Å². The van der Waals surface area contributed by atoms with Gasteiger partial charge >= 0.3 is 0 Å². The average Bonchev–Trinajstić information content (AvgIpc) is 2.87. The average molecular weight is 477 g/mol. The molecule has 0 aliphatic carbocycles. The Morgan fingerprint density at radius 2 is 1.60 bits per heavy atom. The quantitative estimate of drug-likeness (QED) is 0.460. The molecular formula is C29H33FN2O3. The number of amides is 1. The summed E-state index contributed by atoms with van der Waals surface area (Å²) in [6.45, 7) is 8.99. The third kappa shape index (κ3) is 5.59. The van der Waals surface area contributed by atoms with E-state index in [9.17, 15) is 9.18 Å². The van der Waals surface area contributed by atoms with Crippen LogP contribution in [0.25, 0.3) is 0 Å². The van der Waals surface area contributed by atoms with Crippen molar-refractivity contribution in [1.82, 2.24) is 4.90 Å². The van der Waals surface area contributed by atoms with E-state index < -0.39 is 0 Å². The molecule has 6 heteroatoms. The number of ether oxygens (including phenoxy) is 2. The van der Waals surface area contributed by atoms with Crippen LogP contribution in [0.3, 0.4) is 0 Å². The highest BCUT2D eigenvalue weighted by Gasteiger charge is 2.24. The first-order valence-corrected chi connectivity index (χ1v) is 12.0. The van der Waals surface area contributed by atoms with E-state index in [1.165, 1.54) is 6.07 Å². The molecule has 0 N–H and O–H groups in total. The van der Waals surface area contributed by atoms with E-state index in [1.54, 1.807) is 25.3 Å². The van der Waals surface area contributed by atoms with Crippen LogP contribution in [0.1, 0.15) is 42.3 Å². The highest BCUT2D eigenvalue weighted by atomic mass is 19.1. The summed E-state index contributed by atoms with van der Waals surface area (Å²) in [6, 6.07) is 20.2. The summed E-state index contributed by atoms with van der Waals surface area (Å²) in [7, 11) is 1.62. The van der Waals surface area contributed by atoms with E-state index in [0.717, 1.165) is 16.9 Å². The summed E-state index contributed by atoms with van der Waals surface area (Å²) < 4.78 is 25.9. The van der Waals surface area contributed by atoms with Crippen molar-refractivity contribution in [3.05, 3.63) is 89.2 Å². The van der Waals surface area contributed by atoms with Crippen LogP contribution in [-0.2, 0) is 12.0 Å². The molecule has 3 aromatic carbocycles. The minimum atomic E-state index is -0.236. The van der Waals surface area contributed by atoms with Crippen LogP contribution >= 0.6 is 0 Å². The molecule has 0 radical (unpaired) electrons. The topological polar surface area (TPSA) is 42.0 Å². The molecule has 0 atom stereocenters. The molecule has 1 amide bonds. The Bertz CT molecular complexity index is 1180. The third-order valence-electron chi connectivity index (χ3n) is 6.37. The predicted octanol–water partition coefficient (Wildman–Crippen LogP) is 5.67. The Hall–Kier alpha value is -3.54. The van der Waals surface area contributed by atoms with Crippen molar-refractivity contribution in [3.63, 3.8) is 0 Å². The third-order valence-corrected chi connectivity index (χ3v) is 6.37. The van der Waals surface area contributed by atoms with Gasteiger partial charge < -0.3 is 19.3 Å². The number of halogens is 1. The van der Waals surface area contributed by atoms with Crippen LogP contribution in [-0.4, -0.2) is 44.1 Å². The molecule has 0 aromatic heterocycles. The lowest BCUT2D eigenvalue weighted by Crippen LogP contribution is -2.49. The monoisotopic (exact) mass is 476 g/mol. The largest absolute Gasteiger partial charge is 0.496 e. The molecule has 1 aliphatic rings. The molecule has 4 rings (SSSR count). The molecule has 0 saturated carbocycles. The first-order valence-electron chi connectivity index (χ1n) is 12.0. The number of hydrogen-bond acceptors (Lipinski definition) is 4. The van der Waals surface area contributed by atoms with Gasteiger partial charge in [0.05, 0.1) is 12.8 Å². The minimum absolute atomic E-state index is 0.0443. The van der Waals surface area contributed by atoms with E-state index >= 15 is 0 Å².